The number of aromatic nitrogens is 2. The van der Waals surface area contributed by atoms with Gasteiger partial charge in [-0.2, -0.15) is 5.10 Å². The second-order valence-electron chi connectivity index (χ2n) is 7.42. The van der Waals surface area contributed by atoms with Gasteiger partial charge in [-0.25, -0.2) is 9.07 Å². The van der Waals surface area contributed by atoms with Gasteiger partial charge < -0.3 is 10.6 Å². The molecule has 1 amide bonds. The molecule has 0 saturated heterocycles. The highest BCUT2D eigenvalue weighted by Crippen LogP contribution is 2.40. The van der Waals surface area contributed by atoms with Crippen LogP contribution in [0.15, 0.2) is 48.5 Å². The summed E-state index contributed by atoms with van der Waals surface area (Å²) < 4.78 is 16.6. The maximum atomic E-state index is 14.9. The molecular formula is C22H21FN4O. The van der Waals surface area contributed by atoms with E-state index < -0.39 is 0 Å². The van der Waals surface area contributed by atoms with Gasteiger partial charge in [-0.1, -0.05) is 24.3 Å². The number of benzene rings is 2. The van der Waals surface area contributed by atoms with E-state index in [1.807, 2.05) is 42.5 Å². The SMILES string of the molecule is O=C(Nc1ccc2c(c1F)CCNC2)c1cc(C2CC2)nn1-c1ccccc1. The Bertz CT molecular complexity index is 1040. The van der Waals surface area contributed by atoms with Crippen LogP contribution in [0.5, 0.6) is 0 Å². The molecule has 1 aromatic heterocycles. The van der Waals surface area contributed by atoms with Crippen LogP contribution in [0.2, 0.25) is 0 Å². The molecule has 0 spiro atoms. The molecule has 1 fully saturated rings. The molecule has 0 radical (unpaired) electrons. The van der Waals surface area contributed by atoms with E-state index in [9.17, 15) is 9.18 Å². The van der Waals surface area contributed by atoms with Crippen LogP contribution in [0.25, 0.3) is 5.69 Å². The maximum absolute atomic E-state index is 14.9. The Balaban J connectivity index is 1.49. The van der Waals surface area contributed by atoms with Gasteiger partial charge in [-0.15, -0.1) is 0 Å². The van der Waals surface area contributed by atoms with Crippen molar-refractivity contribution in [1.82, 2.24) is 15.1 Å². The van der Waals surface area contributed by atoms with Gasteiger partial charge in [0.15, 0.2) is 0 Å². The Morgan fingerprint density at radius 3 is 2.79 bits per heavy atom. The molecule has 3 aromatic rings. The zero-order valence-electron chi connectivity index (χ0n) is 15.4. The summed E-state index contributed by atoms with van der Waals surface area (Å²) in [4.78, 5) is 13.0. The van der Waals surface area contributed by atoms with Crippen LogP contribution in [0.3, 0.4) is 0 Å². The summed E-state index contributed by atoms with van der Waals surface area (Å²) >= 11 is 0. The molecule has 0 unspecified atom stereocenters. The number of carbonyl (C=O) groups excluding carboxylic acids is 1. The van der Waals surface area contributed by atoms with Crippen molar-refractivity contribution >= 4 is 11.6 Å². The van der Waals surface area contributed by atoms with Crippen molar-refractivity contribution in [2.45, 2.75) is 31.7 Å². The van der Waals surface area contributed by atoms with Crippen molar-refractivity contribution in [3.8, 4) is 5.69 Å². The summed E-state index contributed by atoms with van der Waals surface area (Å²) in [5.41, 5.74) is 4.02. The smallest absolute Gasteiger partial charge is 0.274 e. The van der Waals surface area contributed by atoms with Gasteiger partial charge in [0.2, 0.25) is 0 Å². The largest absolute Gasteiger partial charge is 0.318 e. The molecule has 1 saturated carbocycles. The lowest BCUT2D eigenvalue weighted by Crippen LogP contribution is -2.25. The minimum absolute atomic E-state index is 0.222. The summed E-state index contributed by atoms with van der Waals surface area (Å²) in [7, 11) is 0. The zero-order chi connectivity index (χ0) is 19.1. The molecule has 1 aliphatic carbocycles. The van der Waals surface area contributed by atoms with E-state index in [1.54, 1.807) is 10.7 Å². The van der Waals surface area contributed by atoms with Gasteiger partial charge in [-0.3, -0.25) is 4.79 Å². The molecule has 1 aliphatic heterocycles. The van der Waals surface area contributed by atoms with E-state index >= 15 is 0 Å². The lowest BCUT2D eigenvalue weighted by atomic mass is 9.99. The first kappa shape index (κ1) is 17.1. The fourth-order valence-corrected chi connectivity index (χ4v) is 3.72. The fraction of sp³-hybridized carbons (Fsp3) is 0.273. The Hall–Kier alpha value is -2.99. The molecule has 5 rings (SSSR count). The second-order valence-corrected chi connectivity index (χ2v) is 7.42. The van der Waals surface area contributed by atoms with Gasteiger partial charge in [0, 0.05) is 12.5 Å². The van der Waals surface area contributed by atoms with E-state index in [0.717, 1.165) is 36.3 Å². The topological polar surface area (TPSA) is 59.0 Å². The van der Waals surface area contributed by atoms with E-state index in [1.165, 1.54) is 0 Å². The lowest BCUT2D eigenvalue weighted by molar-refractivity contribution is 0.101. The molecule has 142 valence electrons. The Morgan fingerprint density at radius 2 is 2.00 bits per heavy atom. The third-order valence-electron chi connectivity index (χ3n) is 5.41. The molecule has 0 bridgehead atoms. The first-order valence-corrected chi connectivity index (χ1v) is 9.68. The number of nitrogens with zero attached hydrogens (tertiary/aromatic N) is 2. The van der Waals surface area contributed by atoms with Crippen LogP contribution in [-0.4, -0.2) is 22.2 Å². The summed E-state index contributed by atoms with van der Waals surface area (Å²) in [6, 6.07) is 14.9. The molecular weight excluding hydrogens is 355 g/mol. The number of hydrogen-bond donors (Lipinski definition) is 2. The third-order valence-corrected chi connectivity index (χ3v) is 5.41. The number of rotatable bonds is 4. The number of halogens is 1. The Kier molecular flexibility index (Phi) is 4.20. The molecule has 28 heavy (non-hydrogen) atoms. The molecule has 2 aliphatic rings. The van der Waals surface area contributed by atoms with Crippen LogP contribution >= 0.6 is 0 Å². The minimum Gasteiger partial charge on any atom is -0.318 e. The quantitative estimate of drug-likeness (QED) is 0.728. The van der Waals surface area contributed by atoms with Crippen molar-refractivity contribution in [3.05, 3.63) is 76.9 Å². The van der Waals surface area contributed by atoms with Crippen molar-refractivity contribution < 1.29 is 9.18 Å². The highest BCUT2D eigenvalue weighted by molar-refractivity contribution is 6.03. The van der Waals surface area contributed by atoms with Gasteiger partial charge in [0.1, 0.15) is 11.5 Å². The molecule has 2 heterocycles. The van der Waals surface area contributed by atoms with Crippen molar-refractivity contribution in [2.75, 3.05) is 11.9 Å². The van der Waals surface area contributed by atoms with E-state index in [-0.39, 0.29) is 17.4 Å². The Labute approximate surface area is 162 Å². The van der Waals surface area contributed by atoms with Crippen molar-refractivity contribution in [2.24, 2.45) is 0 Å². The molecule has 2 N–H and O–H groups in total. The predicted octanol–water partition coefficient (Wildman–Crippen LogP) is 3.79. The number of para-hydroxylation sites is 1. The molecule has 5 nitrogen and oxygen atoms in total. The van der Waals surface area contributed by atoms with Crippen LogP contribution in [0.4, 0.5) is 10.1 Å². The van der Waals surface area contributed by atoms with Crippen LogP contribution in [0, 0.1) is 5.82 Å². The number of amides is 1. The van der Waals surface area contributed by atoms with Crippen LogP contribution in [-0.2, 0) is 13.0 Å². The number of nitrogens with one attached hydrogen (secondary N) is 2. The summed E-state index contributed by atoms with van der Waals surface area (Å²) in [6.07, 6.45) is 2.82. The van der Waals surface area contributed by atoms with Gasteiger partial charge in [0.25, 0.3) is 5.91 Å². The van der Waals surface area contributed by atoms with Crippen molar-refractivity contribution in [1.29, 1.82) is 0 Å². The second kappa shape index (κ2) is 6.87. The van der Waals surface area contributed by atoms with Gasteiger partial charge in [-0.05, 0) is 61.2 Å². The van der Waals surface area contributed by atoms with Gasteiger partial charge >= 0.3 is 0 Å². The number of anilines is 1. The van der Waals surface area contributed by atoms with Crippen molar-refractivity contribution in [3.63, 3.8) is 0 Å². The normalized spacial score (nSPS) is 15.9. The zero-order valence-corrected chi connectivity index (χ0v) is 15.4. The third kappa shape index (κ3) is 3.10. The van der Waals surface area contributed by atoms with Gasteiger partial charge in [0.05, 0.1) is 17.1 Å². The molecule has 6 heteroatoms. The average Bonchev–Trinajstić information content (AvgIpc) is 3.49. The standard InChI is InChI=1S/C22H21FN4O/c23-21-17-10-11-24-13-15(17)8-9-18(21)25-22(28)20-12-19(14-6-7-14)26-27(20)16-4-2-1-3-5-16/h1-5,8-9,12,14,24H,6-7,10-11,13H2,(H,25,28). The fourth-order valence-electron chi connectivity index (χ4n) is 3.72. The number of carbonyl (C=O) groups is 1. The summed E-state index contributed by atoms with van der Waals surface area (Å²) in [5, 5.41) is 10.6. The number of hydrogen-bond acceptors (Lipinski definition) is 3. The maximum Gasteiger partial charge on any atom is 0.274 e. The first-order chi connectivity index (χ1) is 13.7. The molecule has 2 aromatic carbocycles. The Morgan fingerprint density at radius 1 is 1.18 bits per heavy atom. The number of fused-ring (bicyclic) bond motifs is 1. The van der Waals surface area contributed by atoms with Crippen LogP contribution < -0.4 is 10.6 Å². The predicted molar refractivity (Wildman–Crippen MR) is 105 cm³/mol. The lowest BCUT2D eigenvalue weighted by Gasteiger charge is -2.19. The van der Waals surface area contributed by atoms with E-state index in [2.05, 4.69) is 15.7 Å². The molecule has 0 atom stereocenters. The van der Waals surface area contributed by atoms with E-state index in [4.69, 9.17) is 0 Å². The summed E-state index contributed by atoms with van der Waals surface area (Å²) in [6.45, 7) is 1.40. The highest BCUT2D eigenvalue weighted by Gasteiger charge is 2.29. The average molecular weight is 376 g/mol. The first-order valence-electron chi connectivity index (χ1n) is 9.68. The summed E-state index contributed by atoms with van der Waals surface area (Å²) in [5.74, 6) is -0.263. The minimum atomic E-state index is -0.351. The monoisotopic (exact) mass is 376 g/mol. The van der Waals surface area contributed by atoms with E-state index in [0.29, 0.717) is 30.1 Å². The van der Waals surface area contributed by atoms with Crippen LogP contribution in [0.1, 0.15) is 46.1 Å². The highest BCUT2D eigenvalue weighted by atomic mass is 19.1.